The smallest absolute Gasteiger partial charge is 0.142 e. The van der Waals surface area contributed by atoms with E-state index in [0.717, 1.165) is 37.4 Å². The summed E-state index contributed by atoms with van der Waals surface area (Å²) in [5, 5.41) is 9.85. The van der Waals surface area contributed by atoms with E-state index in [1.54, 1.807) is 6.07 Å². The third-order valence-corrected chi connectivity index (χ3v) is 3.77. The summed E-state index contributed by atoms with van der Waals surface area (Å²) in [4.78, 5) is 4.54. The Kier molecular flexibility index (Phi) is 2.80. The quantitative estimate of drug-likeness (QED) is 0.880. The second-order valence-electron chi connectivity index (χ2n) is 4.26. The van der Waals surface area contributed by atoms with Crippen LogP contribution in [0.1, 0.15) is 24.6 Å². The van der Waals surface area contributed by atoms with Crippen LogP contribution in [0.2, 0.25) is 0 Å². The largest absolute Gasteiger partial charge is 0.506 e. The molecule has 0 saturated carbocycles. The van der Waals surface area contributed by atoms with Crippen molar-refractivity contribution in [3.05, 3.63) is 28.8 Å². The Morgan fingerprint density at radius 3 is 2.94 bits per heavy atom. The van der Waals surface area contributed by atoms with Crippen LogP contribution in [-0.2, 0) is 4.74 Å². The van der Waals surface area contributed by atoms with Crippen molar-refractivity contribution in [2.75, 3.05) is 13.2 Å². The molecule has 2 aromatic rings. The maximum atomic E-state index is 9.85. The summed E-state index contributed by atoms with van der Waals surface area (Å²) in [5.41, 5.74) is 0.744. The van der Waals surface area contributed by atoms with Crippen LogP contribution < -0.4 is 0 Å². The molecule has 0 unspecified atom stereocenters. The van der Waals surface area contributed by atoms with E-state index in [1.165, 1.54) is 0 Å². The van der Waals surface area contributed by atoms with E-state index in [-0.39, 0.29) is 5.75 Å². The summed E-state index contributed by atoms with van der Waals surface area (Å²) >= 11 is 3.41. The molecule has 90 valence electrons. The van der Waals surface area contributed by atoms with Gasteiger partial charge < -0.3 is 9.84 Å². The normalized spacial score (nSPS) is 17.7. The minimum absolute atomic E-state index is 0.255. The van der Waals surface area contributed by atoms with Crippen LogP contribution in [0.25, 0.3) is 5.52 Å². The molecule has 17 heavy (non-hydrogen) atoms. The Hall–Kier alpha value is -1.07. The maximum Gasteiger partial charge on any atom is 0.142 e. The van der Waals surface area contributed by atoms with Gasteiger partial charge in [-0.25, -0.2) is 4.98 Å². The zero-order valence-corrected chi connectivity index (χ0v) is 10.9. The van der Waals surface area contributed by atoms with Gasteiger partial charge in [-0.3, -0.25) is 4.40 Å². The van der Waals surface area contributed by atoms with Gasteiger partial charge in [-0.15, -0.1) is 0 Å². The van der Waals surface area contributed by atoms with Crippen LogP contribution in [0.15, 0.2) is 22.9 Å². The number of fused-ring (bicyclic) bond motifs is 1. The lowest BCUT2D eigenvalue weighted by Crippen LogP contribution is -2.16. The number of halogens is 1. The first-order valence-electron chi connectivity index (χ1n) is 5.70. The molecule has 0 aromatic carbocycles. The predicted octanol–water partition coefficient (Wildman–Crippen LogP) is 2.70. The summed E-state index contributed by atoms with van der Waals surface area (Å²) in [6.07, 6.45) is 3.92. The predicted molar refractivity (Wildman–Crippen MR) is 67.4 cm³/mol. The monoisotopic (exact) mass is 296 g/mol. The van der Waals surface area contributed by atoms with Gasteiger partial charge >= 0.3 is 0 Å². The van der Waals surface area contributed by atoms with E-state index in [4.69, 9.17) is 4.74 Å². The summed E-state index contributed by atoms with van der Waals surface area (Å²) in [6.45, 7) is 1.58. The Bertz CT molecular complexity index is 547. The number of hydrogen-bond acceptors (Lipinski definition) is 3. The van der Waals surface area contributed by atoms with Crippen molar-refractivity contribution in [3.63, 3.8) is 0 Å². The van der Waals surface area contributed by atoms with Crippen LogP contribution in [0.5, 0.6) is 5.75 Å². The molecule has 3 rings (SSSR count). The number of hydrogen-bond donors (Lipinski definition) is 1. The standard InChI is InChI=1S/C12H13BrN2O2/c13-11-10-9(16)2-1-5-15(10)12(14-11)8-3-6-17-7-4-8/h1-2,5,8,16H,3-4,6-7H2. The fraction of sp³-hybridized carbons (Fsp3) is 0.417. The number of rotatable bonds is 1. The highest BCUT2D eigenvalue weighted by molar-refractivity contribution is 9.10. The minimum Gasteiger partial charge on any atom is -0.506 e. The van der Waals surface area contributed by atoms with Gasteiger partial charge in [0.1, 0.15) is 21.7 Å². The molecule has 0 atom stereocenters. The van der Waals surface area contributed by atoms with Crippen LogP contribution in [-0.4, -0.2) is 27.7 Å². The van der Waals surface area contributed by atoms with Crippen molar-refractivity contribution in [3.8, 4) is 5.75 Å². The Balaban J connectivity index is 2.13. The van der Waals surface area contributed by atoms with Crippen LogP contribution >= 0.6 is 15.9 Å². The van der Waals surface area contributed by atoms with Gasteiger partial charge in [-0.1, -0.05) is 0 Å². The van der Waals surface area contributed by atoms with Gasteiger partial charge in [0.25, 0.3) is 0 Å². The third-order valence-electron chi connectivity index (χ3n) is 3.21. The van der Waals surface area contributed by atoms with Gasteiger partial charge in [0.2, 0.25) is 0 Å². The number of pyridine rings is 1. The average Bonchev–Trinajstić information content (AvgIpc) is 2.69. The minimum atomic E-state index is 0.255. The van der Waals surface area contributed by atoms with E-state index in [9.17, 15) is 5.11 Å². The van der Waals surface area contributed by atoms with Crippen molar-refractivity contribution in [2.45, 2.75) is 18.8 Å². The van der Waals surface area contributed by atoms with E-state index < -0.39 is 0 Å². The number of aromatic nitrogens is 2. The first-order valence-corrected chi connectivity index (χ1v) is 6.50. The Morgan fingerprint density at radius 1 is 1.41 bits per heavy atom. The summed E-state index contributed by atoms with van der Waals surface area (Å²) in [6, 6.07) is 3.51. The van der Waals surface area contributed by atoms with Crippen molar-refractivity contribution >= 4 is 21.4 Å². The lowest BCUT2D eigenvalue weighted by molar-refractivity contribution is 0.0834. The van der Waals surface area contributed by atoms with Crippen molar-refractivity contribution in [2.24, 2.45) is 0 Å². The zero-order valence-electron chi connectivity index (χ0n) is 9.27. The van der Waals surface area contributed by atoms with Gasteiger partial charge in [-0.2, -0.15) is 0 Å². The lowest BCUT2D eigenvalue weighted by atomic mass is 10.00. The maximum absolute atomic E-state index is 9.85. The summed E-state index contributed by atoms with van der Waals surface area (Å²) in [5.74, 6) is 1.67. The first-order chi connectivity index (χ1) is 8.27. The van der Waals surface area contributed by atoms with Crippen LogP contribution in [0, 0.1) is 0 Å². The van der Waals surface area contributed by atoms with Crippen LogP contribution in [0.4, 0.5) is 0 Å². The average molecular weight is 297 g/mol. The Labute approximate surface area is 107 Å². The van der Waals surface area contributed by atoms with Gasteiger partial charge in [0.15, 0.2) is 0 Å². The topological polar surface area (TPSA) is 46.8 Å². The molecule has 0 radical (unpaired) electrons. The molecule has 4 nitrogen and oxygen atoms in total. The second kappa shape index (κ2) is 4.31. The molecular weight excluding hydrogens is 284 g/mol. The van der Waals surface area contributed by atoms with E-state index in [2.05, 4.69) is 20.9 Å². The molecular formula is C12H13BrN2O2. The number of imidazole rings is 1. The fourth-order valence-corrected chi connectivity index (χ4v) is 2.92. The van der Waals surface area contributed by atoms with E-state index in [1.807, 2.05) is 16.7 Å². The van der Waals surface area contributed by atoms with E-state index >= 15 is 0 Å². The number of ether oxygens (including phenoxy) is 1. The SMILES string of the molecule is Oc1cccn2c(C3CCOCC3)nc(Br)c12. The summed E-state index contributed by atoms with van der Waals surface area (Å²) < 4.78 is 8.04. The zero-order chi connectivity index (χ0) is 11.8. The number of nitrogens with zero attached hydrogens (tertiary/aromatic N) is 2. The van der Waals surface area contributed by atoms with Gasteiger partial charge in [0.05, 0.1) is 0 Å². The molecule has 1 aliphatic heterocycles. The highest BCUT2D eigenvalue weighted by Crippen LogP contribution is 2.33. The highest BCUT2D eigenvalue weighted by Gasteiger charge is 2.22. The van der Waals surface area contributed by atoms with Gasteiger partial charge in [0, 0.05) is 25.3 Å². The molecule has 1 N–H and O–H groups in total. The molecule has 2 aromatic heterocycles. The first kappa shape index (κ1) is 11.0. The molecule has 0 aliphatic carbocycles. The molecule has 1 saturated heterocycles. The highest BCUT2D eigenvalue weighted by atomic mass is 79.9. The molecule has 0 amide bonds. The van der Waals surface area contributed by atoms with Crippen LogP contribution in [0.3, 0.4) is 0 Å². The Morgan fingerprint density at radius 2 is 2.18 bits per heavy atom. The van der Waals surface area contributed by atoms with Crippen molar-refractivity contribution < 1.29 is 9.84 Å². The number of aromatic hydroxyl groups is 1. The molecule has 5 heteroatoms. The molecule has 0 bridgehead atoms. The van der Waals surface area contributed by atoms with Gasteiger partial charge in [-0.05, 0) is 40.9 Å². The third kappa shape index (κ3) is 1.83. The fourth-order valence-electron chi connectivity index (χ4n) is 2.34. The second-order valence-corrected chi connectivity index (χ2v) is 5.01. The summed E-state index contributed by atoms with van der Waals surface area (Å²) in [7, 11) is 0. The molecule has 0 spiro atoms. The van der Waals surface area contributed by atoms with Crippen molar-refractivity contribution in [1.29, 1.82) is 0 Å². The molecule has 1 aliphatic rings. The molecule has 3 heterocycles. The lowest BCUT2D eigenvalue weighted by Gasteiger charge is -2.20. The molecule has 1 fully saturated rings. The van der Waals surface area contributed by atoms with Crippen molar-refractivity contribution in [1.82, 2.24) is 9.38 Å². The van der Waals surface area contributed by atoms with E-state index in [0.29, 0.717) is 10.5 Å².